The quantitative estimate of drug-likeness (QED) is 0.0862. The standard InChI is InChI=1S/C35H36NO.C13H24O2.Ir/c1-34(2,3)30-20-27(19-25-8-6-7-9-29(25)30)31-21-26(14-17-36-31)33-22-28-18-24(10-11-32(28)37-33)23-12-15-35(4,5)16-13-23;1-5-10(6-2)12(14)9-13(15)11(7-3)8-4;/h6-11,14,17-18,20-23H,12-13,15-16H2,1-5H3;9-11,14H,5-8H2,1-4H3;/q-1;;/b;12-9-;. The van der Waals surface area contributed by atoms with Gasteiger partial charge >= 0.3 is 0 Å². The van der Waals surface area contributed by atoms with Crippen LogP contribution in [0.25, 0.3) is 44.3 Å². The van der Waals surface area contributed by atoms with E-state index in [-0.39, 0.29) is 48.9 Å². The van der Waals surface area contributed by atoms with Crippen molar-refractivity contribution in [3.8, 4) is 22.6 Å². The molecule has 1 N–H and O–H groups in total. The molecular formula is C48H60IrNO3-. The Morgan fingerprint density at radius 2 is 1.58 bits per heavy atom. The molecule has 1 fully saturated rings. The molecule has 2 heterocycles. The number of pyridine rings is 1. The number of nitrogens with zero attached hydrogens (tertiary/aromatic N) is 1. The summed E-state index contributed by atoms with van der Waals surface area (Å²) in [7, 11) is 0. The van der Waals surface area contributed by atoms with E-state index in [1.165, 1.54) is 53.7 Å². The van der Waals surface area contributed by atoms with Crippen LogP contribution >= 0.6 is 0 Å². The van der Waals surface area contributed by atoms with Crippen LogP contribution < -0.4 is 0 Å². The third-order valence-electron chi connectivity index (χ3n) is 11.3. The molecular weight excluding hydrogens is 831 g/mol. The topological polar surface area (TPSA) is 63.3 Å². The summed E-state index contributed by atoms with van der Waals surface area (Å²) in [5, 5.41) is 13.3. The molecule has 5 aromatic rings. The number of aliphatic hydroxyl groups is 1. The number of ketones is 1. The minimum atomic E-state index is 0. The Bertz CT molecular complexity index is 1990. The fraction of sp³-hybridized carbons (Fsp3) is 0.458. The molecule has 53 heavy (non-hydrogen) atoms. The van der Waals surface area contributed by atoms with Crippen LogP contribution in [0.4, 0.5) is 0 Å². The maximum absolute atomic E-state index is 11.7. The molecule has 0 amide bonds. The van der Waals surface area contributed by atoms with Gasteiger partial charge in [-0.05, 0) is 97.9 Å². The number of hydrogen-bond acceptors (Lipinski definition) is 4. The van der Waals surface area contributed by atoms with Gasteiger partial charge in [0, 0.05) is 60.9 Å². The first-order valence-electron chi connectivity index (χ1n) is 19.7. The fourth-order valence-electron chi connectivity index (χ4n) is 7.69. The number of carbonyl (C=O) groups excluding carboxylic acids is 1. The van der Waals surface area contributed by atoms with Crippen molar-refractivity contribution in [3.63, 3.8) is 0 Å². The molecule has 0 unspecified atom stereocenters. The van der Waals surface area contributed by atoms with E-state index in [0.29, 0.717) is 11.3 Å². The summed E-state index contributed by atoms with van der Waals surface area (Å²) in [4.78, 5) is 16.4. The number of furan rings is 1. The van der Waals surface area contributed by atoms with E-state index in [4.69, 9.17) is 9.40 Å². The van der Waals surface area contributed by atoms with Crippen molar-refractivity contribution in [3.05, 3.63) is 102 Å². The van der Waals surface area contributed by atoms with Crippen LogP contribution in [-0.2, 0) is 30.3 Å². The molecule has 1 aliphatic rings. The zero-order chi connectivity index (χ0) is 37.6. The van der Waals surface area contributed by atoms with Gasteiger partial charge in [0.2, 0.25) is 0 Å². The first-order chi connectivity index (χ1) is 24.8. The van der Waals surface area contributed by atoms with Gasteiger partial charge in [-0.3, -0.25) is 9.78 Å². The maximum Gasteiger partial charge on any atom is 0.162 e. The van der Waals surface area contributed by atoms with Crippen LogP contribution in [0.5, 0.6) is 0 Å². The monoisotopic (exact) mass is 891 g/mol. The van der Waals surface area contributed by atoms with Crippen LogP contribution in [0.15, 0.2) is 89.2 Å². The zero-order valence-electron chi connectivity index (χ0n) is 33.4. The molecule has 4 nitrogen and oxygen atoms in total. The average Bonchev–Trinajstić information content (AvgIpc) is 3.56. The van der Waals surface area contributed by atoms with Gasteiger partial charge < -0.3 is 9.52 Å². The van der Waals surface area contributed by atoms with Crippen molar-refractivity contribution in [1.29, 1.82) is 0 Å². The molecule has 1 aliphatic carbocycles. The van der Waals surface area contributed by atoms with Gasteiger partial charge in [0.1, 0.15) is 11.3 Å². The van der Waals surface area contributed by atoms with Gasteiger partial charge in [-0.2, -0.15) is 0 Å². The van der Waals surface area contributed by atoms with E-state index in [1.807, 2.05) is 40.0 Å². The van der Waals surface area contributed by atoms with Gasteiger partial charge in [-0.25, -0.2) is 0 Å². The zero-order valence-corrected chi connectivity index (χ0v) is 35.8. The molecule has 0 spiro atoms. The summed E-state index contributed by atoms with van der Waals surface area (Å²) in [6, 6.07) is 27.5. The molecule has 3 aromatic carbocycles. The predicted molar refractivity (Wildman–Crippen MR) is 219 cm³/mol. The van der Waals surface area contributed by atoms with Gasteiger partial charge in [0.15, 0.2) is 5.78 Å². The molecule has 1 radical (unpaired) electrons. The Morgan fingerprint density at radius 1 is 0.925 bits per heavy atom. The Kier molecular flexibility index (Phi) is 14.5. The predicted octanol–water partition coefficient (Wildman–Crippen LogP) is 14.0. The third-order valence-corrected chi connectivity index (χ3v) is 11.3. The number of carbonyl (C=O) groups is 1. The molecule has 2 aromatic heterocycles. The van der Waals surface area contributed by atoms with Crippen LogP contribution in [0.2, 0.25) is 0 Å². The Labute approximate surface area is 332 Å². The van der Waals surface area contributed by atoms with Gasteiger partial charge in [0.05, 0.1) is 5.76 Å². The first kappa shape index (κ1) is 42.2. The van der Waals surface area contributed by atoms with Crippen molar-refractivity contribution in [2.24, 2.45) is 17.3 Å². The van der Waals surface area contributed by atoms with E-state index < -0.39 is 0 Å². The Hall–Kier alpha value is -3.53. The smallest absolute Gasteiger partial charge is 0.162 e. The van der Waals surface area contributed by atoms with E-state index >= 15 is 0 Å². The molecule has 0 atom stereocenters. The van der Waals surface area contributed by atoms with Gasteiger partial charge in [-0.15, -0.1) is 29.1 Å². The number of aromatic nitrogens is 1. The average molecular weight is 891 g/mol. The largest absolute Gasteiger partial charge is 0.512 e. The van der Waals surface area contributed by atoms with E-state index in [0.717, 1.165) is 59.2 Å². The van der Waals surface area contributed by atoms with Crippen LogP contribution in [0.3, 0.4) is 0 Å². The van der Waals surface area contributed by atoms with Crippen LogP contribution in [0, 0.1) is 23.3 Å². The van der Waals surface area contributed by atoms with E-state index in [9.17, 15) is 9.90 Å². The number of hydrogen-bond donors (Lipinski definition) is 1. The van der Waals surface area contributed by atoms with Crippen molar-refractivity contribution >= 4 is 27.5 Å². The summed E-state index contributed by atoms with van der Waals surface area (Å²) in [5.74, 6) is 2.09. The molecule has 5 heteroatoms. The second-order valence-corrected chi connectivity index (χ2v) is 16.7. The first-order valence-corrected chi connectivity index (χ1v) is 19.7. The van der Waals surface area contributed by atoms with Gasteiger partial charge in [0.25, 0.3) is 0 Å². The summed E-state index contributed by atoms with van der Waals surface area (Å²) in [5.41, 5.74) is 7.19. The van der Waals surface area contributed by atoms with Crippen LogP contribution in [0.1, 0.15) is 131 Å². The second-order valence-electron chi connectivity index (χ2n) is 16.7. The Balaban J connectivity index is 0.000000335. The molecule has 0 bridgehead atoms. The van der Waals surface area contributed by atoms with Crippen molar-refractivity contribution in [1.82, 2.24) is 4.98 Å². The molecule has 0 saturated heterocycles. The number of benzene rings is 3. The number of aliphatic hydroxyl groups excluding tert-OH is 1. The maximum atomic E-state index is 11.7. The number of rotatable bonds is 10. The molecule has 285 valence electrons. The van der Waals surface area contributed by atoms with Crippen molar-refractivity contribution in [2.45, 2.75) is 125 Å². The SMILES string of the molecule is CC1(C)CCC(c2ccc3oc(-c4ccnc(-c5[c-]c6ccccc6c(C(C)(C)C)c5)c4)cc3c2)CC1.CCC(CC)C(=O)/C=C(\O)C(CC)CC.[Ir]. The fourth-order valence-corrected chi connectivity index (χ4v) is 7.69. The minimum absolute atomic E-state index is 0. The normalized spacial score (nSPS) is 15.0. The third kappa shape index (κ3) is 10.4. The summed E-state index contributed by atoms with van der Waals surface area (Å²) >= 11 is 0. The number of fused-ring (bicyclic) bond motifs is 2. The minimum Gasteiger partial charge on any atom is -0.512 e. The summed E-state index contributed by atoms with van der Waals surface area (Å²) in [6.45, 7) is 19.7. The Morgan fingerprint density at radius 3 is 2.23 bits per heavy atom. The van der Waals surface area contributed by atoms with E-state index in [2.05, 4.69) is 101 Å². The second kappa shape index (κ2) is 18.2. The molecule has 6 rings (SSSR count). The van der Waals surface area contributed by atoms with Crippen molar-refractivity contribution in [2.75, 3.05) is 0 Å². The van der Waals surface area contributed by atoms with Crippen LogP contribution in [-0.4, -0.2) is 15.9 Å². The summed E-state index contributed by atoms with van der Waals surface area (Å²) in [6.07, 6.45) is 11.9. The van der Waals surface area contributed by atoms with E-state index in [1.54, 1.807) is 0 Å². The molecule has 1 saturated carbocycles. The molecule has 0 aliphatic heterocycles. The number of allylic oxidation sites excluding steroid dienone is 2. The van der Waals surface area contributed by atoms with Gasteiger partial charge in [-0.1, -0.05) is 104 Å². The summed E-state index contributed by atoms with van der Waals surface area (Å²) < 4.78 is 6.33. The van der Waals surface area contributed by atoms with Crippen molar-refractivity contribution < 1.29 is 34.4 Å².